The van der Waals surface area contributed by atoms with Crippen molar-refractivity contribution in [2.45, 2.75) is 3.92 Å². The Hall–Kier alpha value is -1.48. The zero-order chi connectivity index (χ0) is 14.3. The maximum Gasteiger partial charge on any atom is 0.271 e. The summed E-state index contributed by atoms with van der Waals surface area (Å²) in [6.45, 7) is 0.662. The highest BCUT2D eigenvalue weighted by Crippen LogP contribution is 2.45. The lowest BCUT2D eigenvalue weighted by molar-refractivity contribution is -0.384. The first-order chi connectivity index (χ1) is 9.58. The van der Waals surface area contributed by atoms with Crippen molar-refractivity contribution < 1.29 is 4.92 Å². The number of aromatic nitrogens is 2. The molecule has 20 heavy (non-hydrogen) atoms. The molecule has 1 aromatic carbocycles. The van der Waals surface area contributed by atoms with Crippen molar-refractivity contribution in [3.05, 3.63) is 51.4 Å². The molecule has 0 amide bonds. The second kappa shape index (κ2) is 5.13. The molecule has 1 unspecified atom stereocenters. The summed E-state index contributed by atoms with van der Waals surface area (Å²) in [4.78, 5) is 20.6. The third kappa shape index (κ3) is 2.20. The van der Waals surface area contributed by atoms with Crippen LogP contribution in [0.5, 0.6) is 0 Å². The maximum atomic E-state index is 10.9. The van der Waals surface area contributed by atoms with E-state index in [-0.39, 0.29) is 9.61 Å². The Morgan fingerprint density at radius 2 is 2.25 bits per heavy atom. The molecule has 0 saturated carbocycles. The van der Waals surface area contributed by atoms with Gasteiger partial charge in [-0.25, -0.2) is 9.97 Å². The van der Waals surface area contributed by atoms with E-state index in [1.165, 1.54) is 18.5 Å². The molecule has 0 spiro atoms. The fraction of sp³-hybridized carbons (Fsp3) is 0.167. The van der Waals surface area contributed by atoms with Crippen LogP contribution in [-0.2, 0) is 0 Å². The van der Waals surface area contributed by atoms with E-state index in [9.17, 15) is 10.1 Å². The Bertz CT molecular complexity index is 697. The quantitative estimate of drug-likeness (QED) is 0.252. The number of halogens is 2. The summed E-state index contributed by atoms with van der Waals surface area (Å²) in [6, 6.07) is 6.49. The van der Waals surface area contributed by atoms with Gasteiger partial charge in [0.1, 0.15) is 17.3 Å². The van der Waals surface area contributed by atoms with Crippen LogP contribution in [-0.4, -0.2) is 21.4 Å². The molecule has 1 atom stereocenters. The highest BCUT2D eigenvalue weighted by atomic mass is 127. The number of hydrogen-bond acceptors (Lipinski definition) is 5. The molecule has 2 aromatic rings. The van der Waals surface area contributed by atoms with E-state index >= 15 is 0 Å². The van der Waals surface area contributed by atoms with Crippen LogP contribution in [0.3, 0.4) is 0 Å². The topological polar surface area (TPSA) is 72.2 Å². The minimum absolute atomic E-state index is 0.0566. The second-order valence-electron chi connectivity index (χ2n) is 4.26. The lowest BCUT2D eigenvalue weighted by atomic mass is 10.2. The molecule has 0 saturated heterocycles. The molecule has 2 heterocycles. The standard InChI is InChI=1S/C12H8ClIN4O2/c13-11-10-9(14)5-17(12(10)16-6-15-11)7-2-1-3-8(4-7)18(19)20/h1-4,6,9H,5H2. The number of hydrogen-bond donors (Lipinski definition) is 0. The molecule has 0 fully saturated rings. The van der Waals surface area contributed by atoms with Crippen LogP contribution in [0.4, 0.5) is 17.2 Å². The first-order valence-electron chi connectivity index (χ1n) is 5.74. The average molecular weight is 403 g/mol. The summed E-state index contributed by atoms with van der Waals surface area (Å²) < 4.78 is 0.149. The predicted molar refractivity (Wildman–Crippen MR) is 83.9 cm³/mol. The number of fused-ring (bicyclic) bond motifs is 1. The fourth-order valence-electron chi connectivity index (χ4n) is 2.19. The molecule has 1 aliphatic rings. The van der Waals surface area contributed by atoms with Gasteiger partial charge in [0.25, 0.3) is 5.69 Å². The van der Waals surface area contributed by atoms with Gasteiger partial charge in [-0.3, -0.25) is 10.1 Å². The van der Waals surface area contributed by atoms with E-state index < -0.39 is 4.92 Å². The van der Waals surface area contributed by atoms with Crippen LogP contribution in [0.2, 0.25) is 5.15 Å². The molecule has 8 heteroatoms. The van der Waals surface area contributed by atoms with E-state index in [2.05, 4.69) is 32.6 Å². The molecule has 0 radical (unpaired) electrons. The summed E-state index contributed by atoms with van der Waals surface area (Å²) in [5.74, 6) is 0.713. The Labute approximate surface area is 133 Å². The normalized spacial score (nSPS) is 17.1. The summed E-state index contributed by atoms with van der Waals surface area (Å²) in [6.07, 6.45) is 1.40. The van der Waals surface area contributed by atoms with Gasteiger partial charge in [-0.2, -0.15) is 0 Å². The van der Waals surface area contributed by atoms with E-state index in [0.29, 0.717) is 17.5 Å². The van der Waals surface area contributed by atoms with Crippen molar-refractivity contribution in [1.29, 1.82) is 0 Å². The van der Waals surface area contributed by atoms with Crippen LogP contribution >= 0.6 is 34.2 Å². The first-order valence-corrected chi connectivity index (χ1v) is 7.36. The lowest BCUT2D eigenvalue weighted by Gasteiger charge is -2.17. The number of rotatable bonds is 2. The summed E-state index contributed by atoms with van der Waals surface area (Å²) in [5.41, 5.74) is 1.66. The molecule has 3 rings (SSSR count). The van der Waals surface area contributed by atoms with Crippen LogP contribution in [0.15, 0.2) is 30.6 Å². The van der Waals surface area contributed by atoms with E-state index in [4.69, 9.17) is 11.6 Å². The minimum atomic E-state index is -0.408. The number of nitro groups is 1. The van der Waals surface area contributed by atoms with Crippen LogP contribution in [0.25, 0.3) is 0 Å². The highest BCUT2D eigenvalue weighted by molar-refractivity contribution is 14.1. The van der Waals surface area contributed by atoms with Crippen LogP contribution in [0.1, 0.15) is 9.49 Å². The molecule has 0 N–H and O–H groups in total. The lowest BCUT2D eigenvalue weighted by Crippen LogP contribution is -2.15. The zero-order valence-corrected chi connectivity index (χ0v) is 12.9. The fourth-order valence-corrected chi connectivity index (χ4v) is 3.60. The van der Waals surface area contributed by atoms with Crippen molar-refractivity contribution in [1.82, 2.24) is 9.97 Å². The van der Waals surface area contributed by atoms with Crippen molar-refractivity contribution in [2.75, 3.05) is 11.4 Å². The molecule has 0 bridgehead atoms. The highest BCUT2D eigenvalue weighted by Gasteiger charge is 2.32. The third-order valence-corrected chi connectivity index (χ3v) is 4.40. The first kappa shape index (κ1) is 13.5. The van der Waals surface area contributed by atoms with Crippen molar-refractivity contribution in [2.24, 2.45) is 0 Å². The van der Waals surface area contributed by atoms with Crippen molar-refractivity contribution in [3.63, 3.8) is 0 Å². The van der Waals surface area contributed by atoms with Gasteiger partial charge in [0, 0.05) is 29.9 Å². The molecule has 6 nitrogen and oxygen atoms in total. The molecule has 1 aromatic heterocycles. The number of alkyl halides is 1. The Balaban J connectivity index is 2.08. The van der Waals surface area contributed by atoms with Crippen molar-refractivity contribution in [3.8, 4) is 0 Å². The molecule has 0 aliphatic carbocycles. The number of anilines is 2. The second-order valence-corrected chi connectivity index (χ2v) is 6.12. The number of nitrogens with zero attached hydrogens (tertiary/aromatic N) is 4. The number of nitro benzene ring substituents is 1. The summed E-state index contributed by atoms with van der Waals surface area (Å²) in [7, 11) is 0. The zero-order valence-electron chi connectivity index (χ0n) is 10.0. The predicted octanol–water partition coefficient (Wildman–Crippen LogP) is 3.67. The van der Waals surface area contributed by atoms with Gasteiger partial charge < -0.3 is 4.90 Å². The average Bonchev–Trinajstić information content (AvgIpc) is 2.78. The molecular formula is C12H8ClIN4O2. The van der Waals surface area contributed by atoms with Gasteiger partial charge in [0.2, 0.25) is 0 Å². The Kier molecular flexibility index (Phi) is 3.47. The molecule has 102 valence electrons. The van der Waals surface area contributed by atoms with E-state index in [1.54, 1.807) is 6.07 Å². The van der Waals surface area contributed by atoms with Gasteiger partial charge in [-0.15, -0.1) is 0 Å². The Morgan fingerprint density at radius 3 is 3.00 bits per heavy atom. The summed E-state index contributed by atoms with van der Waals surface area (Å²) in [5, 5.41) is 11.3. The van der Waals surface area contributed by atoms with E-state index in [0.717, 1.165) is 11.3 Å². The van der Waals surface area contributed by atoms with Gasteiger partial charge in [-0.05, 0) is 6.07 Å². The largest absolute Gasteiger partial charge is 0.324 e. The smallest absolute Gasteiger partial charge is 0.271 e. The van der Waals surface area contributed by atoms with Crippen molar-refractivity contribution >= 4 is 51.4 Å². The molecular weight excluding hydrogens is 395 g/mol. The SMILES string of the molecule is O=[N+]([O-])c1cccc(N2CC(I)c3c(Cl)ncnc32)c1. The minimum Gasteiger partial charge on any atom is -0.324 e. The van der Waals surface area contributed by atoms with Gasteiger partial charge in [-0.1, -0.05) is 40.3 Å². The van der Waals surface area contributed by atoms with Gasteiger partial charge in [0.15, 0.2) is 0 Å². The summed E-state index contributed by atoms with van der Waals surface area (Å²) >= 11 is 8.38. The van der Waals surface area contributed by atoms with E-state index in [1.807, 2.05) is 11.0 Å². The number of non-ortho nitro benzene ring substituents is 1. The maximum absolute atomic E-state index is 10.9. The monoisotopic (exact) mass is 402 g/mol. The molecule has 1 aliphatic heterocycles. The van der Waals surface area contributed by atoms with Crippen LogP contribution in [0, 0.1) is 10.1 Å². The van der Waals surface area contributed by atoms with Gasteiger partial charge >= 0.3 is 0 Å². The van der Waals surface area contributed by atoms with Gasteiger partial charge in [0.05, 0.1) is 8.85 Å². The van der Waals surface area contributed by atoms with Crippen LogP contribution < -0.4 is 4.90 Å². The third-order valence-electron chi connectivity index (χ3n) is 3.08. The number of benzene rings is 1. The Morgan fingerprint density at radius 1 is 1.45 bits per heavy atom.